The molecule has 12 nitrogen and oxygen atoms in total. The van der Waals surface area contributed by atoms with Crippen LogP contribution >= 0.6 is 0 Å². The lowest BCUT2D eigenvalue weighted by atomic mass is 9.62. The molecule has 0 bridgehead atoms. The van der Waals surface area contributed by atoms with Gasteiger partial charge in [0.25, 0.3) is 11.8 Å². The Morgan fingerprint density at radius 3 is 2.26 bits per heavy atom. The molecule has 1 aliphatic heterocycles. The second-order valence-corrected chi connectivity index (χ2v) is 11.5. The first kappa shape index (κ1) is 27.5. The number of nitrogens with one attached hydrogen (secondary N) is 4. The molecule has 2 aliphatic carbocycles. The maximum Gasteiger partial charge on any atom is 0.251 e. The van der Waals surface area contributed by atoms with Crippen molar-refractivity contribution in [3.05, 3.63) is 75.6 Å². The van der Waals surface area contributed by atoms with Gasteiger partial charge in [-0.2, -0.15) is 10.5 Å². The van der Waals surface area contributed by atoms with E-state index in [-0.39, 0.29) is 42.4 Å². The number of rotatable bonds is 8. The van der Waals surface area contributed by atoms with Gasteiger partial charge in [-0.25, -0.2) is 0 Å². The SMILES string of the molecule is CNC(=O)c1ccc2c(c1)Cc1cc(C(=O)NC)ccc1C2(C[C@H](C)NCC(=O)N1C(C#N)C[C@@H]2C[C@@H]21)c1nn[nH]n1. The van der Waals surface area contributed by atoms with Crippen molar-refractivity contribution in [1.29, 1.82) is 5.26 Å². The number of tetrazole rings is 1. The Balaban J connectivity index is 1.39. The van der Waals surface area contributed by atoms with E-state index in [2.05, 4.69) is 42.6 Å². The molecule has 1 saturated heterocycles. The number of likely N-dealkylation sites (tertiary alicyclic amines) is 1. The first-order chi connectivity index (χ1) is 20.3. The molecule has 1 aromatic heterocycles. The van der Waals surface area contributed by atoms with E-state index >= 15 is 0 Å². The number of fused-ring (bicyclic) bond motifs is 3. The van der Waals surface area contributed by atoms with E-state index in [0.717, 1.165) is 35.1 Å². The van der Waals surface area contributed by atoms with Gasteiger partial charge in [-0.3, -0.25) is 14.4 Å². The highest BCUT2D eigenvalue weighted by atomic mass is 16.2. The van der Waals surface area contributed by atoms with Crippen molar-refractivity contribution in [2.45, 2.75) is 56.1 Å². The van der Waals surface area contributed by atoms with Crippen molar-refractivity contribution in [3.63, 3.8) is 0 Å². The highest BCUT2D eigenvalue weighted by molar-refractivity contribution is 5.95. The fraction of sp³-hybridized carbons (Fsp3) is 0.433. The van der Waals surface area contributed by atoms with Crippen LogP contribution in [0.15, 0.2) is 36.4 Å². The number of hydrogen-bond donors (Lipinski definition) is 4. The first-order valence-electron chi connectivity index (χ1n) is 14.2. The molecule has 4 N–H and O–H groups in total. The first-order valence-corrected chi connectivity index (χ1v) is 14.2. The van der Waals surface area contributed by atoms with Crippen LogP contribution in [0.25, 0.3) is 0 Å². The van der Waals surface area contributed by atoms with Crippen molar-refractivity contribution in [1.82, 2.24) is 41.5 Å². The topological polar surface area (TPSA) is 169 Å². The van der Waals surface area contributed by atoms with Gasteiger partial charge in [-0.15, -0.1) is 10.2 Å². The smallest absolute Gasteiger partial charge is 0.251 e. The average molecular weight is 568 g/mol. The highest BCUT2D eigenvalue weighted by Crippen LogP contribution is 2.49. The van der Waals surface area contributed by atoms with Gasteiger partial charge in [-0.05, 0) is 85.0 Å². The summed E-state index contributed by atoms with van der Waals surface area (Å²) >= 11 is 0. The molecule has 2 aromatic carbocycles. The summed E-state index contributed by atoms with van der Waals surface area (Å²) in [6.45, 7) is 2.11. The van der Waals surface area contributed by atoms with Gasteiger partial charge in [-0.1, -0.05) is 17.3 Å². The minimum Gasteiger partial charge on any atom is -0.355 e. The minimum absolute atomic E-state index is 0.0677. The van der Waals surface area contributed by atoms with Crippen molar-refractivity contribution in [2.24, 2.45) is 5.92 Å². The molecule has 1 unspecified atom stereocenters. The van der Waals surface area contributed by atoms with Gasteiger partial charge < -0.3 is 20.9 Å². The van der Waals surface area contributed by atoms with Crippen LogP contribution in [0.3, 0.4) is 0 Å². The number of nitriles is 1. The normalized spacial score (nSPS) is 21.8. The van der Waals surface area contributed by atoms with E-state index < -0.39 is 5.41 Å². The van der Waals surface area contributed by atoms with Crippen molar-refractivity contribution in [2.75, 3.05) is 20.6 Å². The van der Waals surface area contributed by atoms with E-state index in [1.165, 1.54) is 0 Å². The Morgan fingerprint density at radius 2 is 1.71 bits per heavy atom. The maximum atomic E-state index is 13.2. The number of aromatic nitrogens is 4. The second kappa shape index (κ2) is 10.6. The number of hydrogen-bond acceptors (Lipinski definition) is 8. The number of nitrogens with zero attached hydrogens (tertiary/aromatic N) is 5. The molecule has 3 aromatic rings. The fourth-order valence-electron chi connectivity index (χ4n) is 6.94. The van der Waals surface area contributed by atoms with Crippen molar-refractivity contribution >= 4 is 17.7 Å². The minimum atomic E-state index is -0.891. The van der Waals surface area contributed by atoms with Crippen molar-refractivity contribution < 1.29 is 14.4 Å². The summed E-state index contributed by atoms with van der Waals surface area (Å²) < 4.78 is 0. The van der Waals surface area contributed by atoms with Gasteiger partial charge in [0, 0.05) is 37.3 Å². The standard InChI is InChI=1S/C30H33N9O3/c1-16(34-15-26(40)39-22(14-31)11-21-12-25(21)39)13-30(29-35-37-38-36-29)23-6-4-17(27(41)32-2)8-19(23)10-20-9-18(28(42)33-3)5-7-24(20)30/h4-9,16,21-22,25,34H,10-13,15H2,1-3H3,(H,32,41)(H,33,42)(H,35,36,37,38)/t16-,21+,22?,25-/m0/s1. The third-order valence-corrected chi connectivity index (χ3v) is 8.97. The molecule has 2 fully saturated rings. The van der Waals surface area contributed by atoms with Crippen LogP contribution < -0.4 is 16.0 Å². The average Bonchev–Trinajstić information content (AvgIpc) is 3.37. The molecular weight excluding hydrogens is 534 g/mol. The molecule has 3 amide bonds. The Kier molecular flexibility index (Phi) is 6.98. The van der Waals surface area contributed by atoms with Crippen LogP contribution in [-0.4, -0.2) is 82.0 Å². The van der Waals surface area contributed by atoms with E-state index in [0.29, 0.717) is 35.7 Å². The van der Waals surface area contributed by atoms with Crippen LogP contribution in [0.2, 0.25) is 0 Å². The maximum absolute atomic E-state index is 13.2. The van der Waals surface area contributed by atoms with Gasteiger partial charge in [0.15, 0.2) is 5.82 Å². The molecule has 42 heavy (non-hydrogen) atoms. The Bertz CT molecular complexity index is 1530. The number of carbonyl (C=O) groups is 3. The predicted octanol–water partition coefficient (Wildman–Crippen LogP) is 1.04. The van der Waals surface area contributed by atoms with Crippen LogP contribution in [0.4, 0.5) is 0 Å². The Labute approximate surface area is 243 Å². The molecule has 0 spiro atoms. The number of benzene rings is 2. The van der Waals surface area contributed by atoms with Crippen LogP contribution in [0.1, 0.15) is 75.0 Å². The van der Waals surface area contributed by atoms with Crippen LogP contribution in [0.5, 0.6) is 0 Å². The third kappa shape index (κ3) is 4.50. The number of piperidine rings is 1. The molecule has 12 heteroatoms. The number of H-pyrrole nitrogens is 1. The van der Waals surface area contributed by atoms with Crippen molar-refractivity contribution in [3.8, 4) is 6.07 Å². The lowest BCUT2D eigenvalue weighted by Gasteiger charge is -2.41. The predicted molar refractivity (Wildman–Crippen MR) is 151 cm³/mol. The summed E-state index contributed by atoms with van der Waals surface area (Å²) in [7, 11) is 3.19. The van der Waals surface area contributed by atoms with Crippen LogP contribution in [0, 0.1) is 17.2 Å². The summed E-state index contributed by atoms with van der Waals surface area (Å²) in [5.74, 6) is 0.442. The summed E-state index contributed by atoms with van der Waals surface area (Å²) in [5, 5.41) is 33.7. The van der Waals surface area contributed by atoms with Gasteiger partial charge in [0.1, 0.15) is 6.04 Å². The van der Waals surface area contributed by atoms with E-state index in [1.54, 1.807) is 31.1 Å². The van der Waals surface area contributed by atoms with E-state index in [4.69, 9.17) is 0 Å². The molecule has 2 heterocycles. The Hall–Kier alpha value is -4.63. The summed E-state index contributed by atoms with van der Waals surface area (Å²) in [5.41, 5.74) is 3.86. The summed E-state index contributed by atoms with van der Waals surface area (Å²) in [6, 6.07) is 13.1. The highest BCUT2D eigenvalue weighted by Gasteiger charge is 2.54. The summed E-state index contributed by atoms with van der Waals surface area (Å²) in [4.78, 5) is 40.1. The number of amides is 3. The molecule has 0 radical (unpaired) electrons. The molecule has 4 atom stereocenters. The van der Waals surface area contributed by atoms with Gasteiger partial charge in [0.05, 0.1) is 18.0 Å². The van der Waals surface area contributed by atoms with Gasteiger partial charge in [0.2, 0.25) is 5.91 Å². The molecule has 6 rings (SSSR count). The monoisotopic (exact) mass is 567 g/mol. The lowest BCUT2D eigenvalue weighted by Crippen LogP contribution is -2.47. The molecule has 216 valence electrons. The quantitative estimate of drug-likeness (QED) is 0.313. The largest absolute Gasteiger partial charge is 0.355 e. The van der Waals surface area contributed by atoms with Crippen LogP contribution in [-0.2, 0) is 16.6 Å². The fourth-order valence-corrected chi connectivity index (χ4v) is 6.94. The molecule has 1 saturated carbocycles. The zero-order valence-corrected chi connectivity index (χ0v) is 23.8. The second-order valence-electron chi connectivity index (χ2n) is 11.5. The van der Waals surface area contributed by atoms with E-state index in [9.17, 15) is 19.6 Å². The summed E-state index contributed by atoms with van der Waals surface area (Å²) in [6.07, 6.45) is 2.70. The number of aromatic amines is 1. The zero-order valence-electron chi connectivity index (χ0n) is 23.8. The lowest BCUT2D eigenvalue weighted by molar-refractivity contribution is -0.131. The zero-order chi connectivity index (χ0) is 29.6. The number of carbonyl (C=O) groups excluding carboxylic acids is 3. The van der Waals surface area contributed by atoms with E-state index in [1.807, 2.05) is 31.2 Å². The molecule has 3 aliphatic rings. The Morgan fingerprint density at radius 1 is 1.07 bits per heavy atom. The third-order valence-electron chi connectivity index (χ3n) is 8.97. The molecular formula is C30H33N9O3. The van der Waals surface area contributed by atoms with Gasteiger partial charge >= 0.3 is 0 Å².